The minimum atomic E-state index is -3.81. The molecule has 4 N–H and O–H groups in total. The molecule has 12 heteroatoms. The third kappa shape index (κ3) is 4.44. The zero-order valence-corrected chi connectivity index (χ0v) is 22.4. The van der Waals surface area contributed by atoms with Gasteiger partial charge < -0.3 is 20.9 Å². The van der Waals surface area contributed by atoms with Gasteiger partial charge in [0.1, 0.15) is 0 Å². The van der Waals surface area contributed by atoms with Gasteiger partial charge in [0.2, 0.25) is 15.9 Å². The Hall–Kier alpha value is -3.74. The number of carbonyl (C=O) groups is 2. The minimum Gasteiger partial charge on any atom is -0.369 e. The number of sulfonamides is 1. The molecule has 2 aromatic carbocycles. The number of primary amides is 1. The number of nitrogens with two attached hydrogens (primary N) is 1. The first-order valence-corrected chi connectivity index (χ1v) is 13.8. The largest absolute Gasteiger partial charge is 0.369 e. The Morgan fingerprint density at radius 3 is 2.37 bits per heavy atom. The number of piperazine rings is 1. The molecule has 3 aromatic rings. The first-order chi connectivity index (χ1) is 18.0. The number of nitrogens with zero attached hydrogens (tertiary/aromatic N) is 4. The summed E-state index contributed by atoms with van der Waals surface area (Å²) >= 11 is 0. The van der Waals surface area contributed by atoms with Crippen LogP contribution in [0.2, 0.25) is 0 Å². The van der Waals surface area contributed by atoms with Gasteiger partial charge in [-0.1, -0.05) is 18.2 Å². The number of carbonyl (C=O) groups excluding carboxylic acids is 2. The molecule has 1 saturated heterocycles. The lowest BCUT2D eigenvalue weighted by Crippen LogP contribution is -2.44. The number of benzene rings is 2. The number of aromatic nitrogens is 2. The van der Waals surface area contributed by atoms with Crippen molar-refractivity contribution in [2.45, 2.75) is 30.8 Å². The fourth-order valence-electron chi connectivity index (χ4n) is 5.07. The van der Waals surface area contributed by atoms with Crippen molar-refractivity contribution < 1.29 is 18.0 Å². The molecule has 38 heavy (non-hydrogen) atoms. The van der Waals surface area contributed by atoms with E-state index >= 15 is 0 Å². The van der Waals surface area contributed by atoms with Crippen LogP contribution in [0.3, 0.4) is 0 Å². The van der Waals surface area contributed by atoms with Gasteiger partial charge in [-0.15, -0.1) is 0 Å². The van der Waals surface area contributed by atoms with E-state index in [2.05, 4.69) is 32.4 Å². The summed E-state index contributed by atoms with van der Waals surface area (Å²) in [5.41, 5.74) is 6.94. The monoisotopic (exact) mass is 537 g/mol. The lowest BCUT2D eigenvalue weighted by molar-refractivity contribution is 0.0977. The smallest absolute Gasteiger partial charge is 0.257 e. The summed E-state index contributed by atoms with van der Waals surface area (Å²) in [5.74, 6) is -1.05. The summed E-state index contributed by atoms with van der Waals surface area (Å²) in [7, 11) is -1.76. The number of hydrogen-bond donors (Lipinski definition) is 3. The van der Waals surface area contributed by atoms with Gasteiger partial charge in [-0.25, -0.2) is 8.42 Å². The van der Waals surface area contributed by atoms with Crippen LogP contribution < -0.4 is 16.0 Å². The van der Waals surface area contributed by atoms with Crippen LogP contribution in [0.25, 0.3) is 0 Å². The predicted octanol–water partition coefficient (Wildman–Crippen LogP) is 1.95. The number of fused-ring (bicyclic) bond motifs is 1. The Morgan fingerprint density at radius 2 is 1.71 bits per heavy atom. The van der Waals surface area contributed by atoms with Crippen LogP contribution in [0.4, 0.5) is 11.5 Å². The number of hydrogen-bond acceptors (Lipinski definition) is 7. The number of aromatic amines is 1. The van der Waals surface area contributed by atoms with Gasteiger partial charge in [-0.2, -0.15) is 9.40 Å². The number of anilines is 2. The second kappa shape index (κ2) is 9.53. The lowest BCUT2D eigenvalue weighted by Gasteiger charge is -2.34. The van der Waals surface area contributed by atoms with Gasteiger partial charge in [-0.05, 0) is 51.2 Å². The molecular weight excluding hydrogens is 506 g/mol. The van der Waals surface area contributed by atoms with Crippen LogP contribution in [0, 0.1) is 0 Å². The van der Waals surface area contributed by atoms with E-state index in [1.165, 1.54) is 4.31 Å². The normalized spacial score (nSPS) is 17.8. The maximum Gasteiger partial charge on any atom is 0.257 e. The van der Waals surface area contributed by atoms with E-state index in [1.807, 2.05) is 0 Å². The van der Waals surface area contributed by atoms with Crippen molar-refractivity contribution in [3.8, 4) is 0 Å². The molecule has 200 valence electrons. The molecule has 0 atom stereocenters. The molecule has 3 heterocycles. The summed E-state index contributed by atoms with van der Waals surface area (Å²) in [6.45, 7) is 6.99. The topological polar surface area (TPSA) is 145 Å². The van der Waals surface area contributed by atoms with Crippen LogP contribution in [0.1, 0.15) is 45.8 Å². The quantitative estimate of drug-likeness (QED) is 0.436. The second-order valence-electron chi connectivity index (χ2n) is 10.1. The van der Waals surface area contributed by atoms with Crippen LogP contribution in [0.5, 0.6) is 0 Å². The molecule has 5 rings (SSSR count). The molecule has 0 saturated carbocycles. The number of likely N-dealkylation sites (N-methyl/N-ethyl adjacent to an activating group) is 1. The third-order valence-electron chi connectivity index (χ3n) is 7.35. The van der Waals surface area contributed by atoms with Crippen molar-refractivity contribution in [3.05, 3.63) is 70.9 Å². The van der Waals surface area contributed by atoms with Gasteiger partial charge in [0.05, 0.1) is 27.3 Å². The van der Waals surface area contributed by atoms with Crippen LogP contribution in [-0.4, -0.2) is 72.9 Å². The Labute approximate surface area is 221 Å². The average molecular weight is 538 g/mol. The molecule has 0 aliphatic carbocycles. The molecule has 0 unspecified atom stereocenters. The fraction of sp³-hybridized carbons (Fsp3) is 0.346. The van der Waals surface area contributed by atoms with Gasteiger partial charge >= 0.3 is 0 Å². The maximum absolute atomic E-state index is 13.4. The van der Waals surface area contributed by atoms with Crippen LogP contribution in [0.15, 0.2) is 53.4 Å². The Morgan fingerprint density at radius 1 is 1.03 bits per heavy atom. The highest BCUT2D eigenvalue weighted by Crippen LogP contribution is 2.43. The molecule has 2 aliphatic heterocycles. The van der Waals surface area contributed by atoms with Gasteiger partial charge in [0, 0.05) is 44.0 Å². The lowest BCUT2D eigenvalue weighted by atomic mass is 10.0. The molecule has 0 radical (unpaired) electrons. The van der Waals surface area contributed by atoms with Gasteiger partial charge in [-0.3, -0.25) is 14.7 Å². The second-order valence-corrected chi connectivity index (χ2v) is 12.0. The summed E-state index contributed by atoms with van der Waals surface area (Å²) < 4.78 is 28.2. The Bertz CT molecular complexity index is 1490. The fourth-order valence-corrected chi connectivity index (χ4v) is 6.82. The van der Waals surface area contributed by atoms with Crippen LogP contribution >= 0.6 is 0 Å². The highest BCUT2D eigenvalue weighted by molar-refractivity contribution is 7.89. The van der Waals surface area contributed by atoms with Crippen molar-refractivity contribution in [2.24, 2.45) is 5.73 Å². The number of H-pyrrole nitrogens is 1. The Kier molecular flexibility index (Phi) is 6.49. The summed E-state index contributed by atoms with van der Waals surface area (Å²) in [5, 5.41) is 9.92. The van der Waals surface area contributed by atoms with Crippen LogP contribution in [-0.2, 0) is 22.1 Å². The highest BCUT2D eigenvalue weighted by Gasteiger charge is 2.47. The zero-order valence-electron chi connectivity index (χ0n) is 21.6. The van der Waals surface area contributed by atoms with E-state index in [0.717, 1.165) is 31.9 Å². The number of nitrogens with one attached hydrogen (secondary N) is 2. The van der Waals surface area contributed by atoms with Crippen molar-refractivity contribution in [1.29, 1.82) is 0 Å². The molecule has 11 nitrogen and oxygen atoms in total. The summed E-state index contributed by atoms with van der Waals surface area (Å²) in [6.07, 6.45) is 0. The molecule has 2 amide bonds. The third-order valence-corrected chi connectivity index (χ3v) is 9.38. The van der Waals surface area contributed by atoms with Crippen molar-refractivity contribution >= 4 is 33.3 Å². The standard InChI is InChI=1S/C26H31N7O4S/c1-26(2)22-21(16-33(26)38(36,37)18-7-5-4-6-8-18)24(30-29-22)28-25(35)19-10-9-17(15-20(19)23(27)34)32-13-11-31(3)12-14-32/h4-10,15H,11-14,16H2,1-3H3,(H2,27,34)(H2,28,29,30,35). The first kappa shape index (κ1) is 25.9. The molecular formula is C26H31N7O4S. The van der Waals surface area contributed by atoms with Crippen molar-refractivity contribution in [3.63, 3.8) is 0 Å². The van der Waals surface area contributed by atoms with Gasteiger partial charge in [0.15, 0.2) is 5.82 Å². The SMILES string of the molecule is CN1CCN(c2ccc(C(=O)Nc3n[nH]c4c3CN(S(=O)(=O)c3ccccc3)C4(C)C)c(C(N)=O)c2)CC1. The minimum absolute atomic E-state index is 0.0245. The zero-order chi connectivity index (χ0) is 27.2. The van der Waals surface area contributed by atoms with Gasteiger partial charge in [0.25, 0.3) is 5.91 Å². The highest BCUT2D eigenvalue weighted by atomic mass is 32.2. The molecule has 1 aromatic heterocycles. The van der Waals surface area contributed by atoms with E-state index in [1.54, 1.807) is 62.4 Å². The Balaban J connectivity index is 1.41. The number of rotatable bonds is 6. The predicted molar refractivity (Wildman–Crippen MR) is 143 cm³/mol. The maximum atomic E-state index is 13.4. The molecule has 1 fully saturated rings. The molecule has 2 aliphatic rings. The first-order valence-electron chi connectivity index (χ1n) is 12.3. The van der Waals surface area contributed by atoms with Crippen molar-refractivity contribution in [1.82, 2.24) is 19.4 Å². The summed E-state index contributed by atoms with van der Waals surface area (Å²) in [4.78, 5) is 30.2. The molecule has 0 spiro atoms. The molecule has 0 bridgehead atoms. The average Bonchev–Trinajstić information content (AvgIpc) is 3.42. The van der Waals surface area contributed by atoms with E-state index in [-0.39, 0.29) is 28.4 Å². The van der Waals surface area contributed by atoms with E-state index < -0.39 is 27.4 Å². The van der Waals surface area contributed by atoms with E-state index in [9.17, 15) is 18.0 Å². The number of amides is 2. The summed E-state index contributed by atoms with van der Waals surface area (Å²) in [6, 6.07) is 13.2. The van der Waals surface area contributed by atoms with E-state index in [0.29, 0.717) is 11.3 Å². The van der Waals surface area contributed by atoms with E-state index in [4.69, 9.17) is 5.73 Å². The van der Waals surface area contributed by atoms with Crippen molar-refractivity contribution in [2.75, 3.05) is 43.4 Å².